The van der Waals surface area contributed by atoms with Gasteiger partial charge in [-0.2, -0.15) is 0 Å². The molecule has 0 radical (unpaired) electrons. The summed E-state index contributed by atoms with van der Waals surface area (Å²) >= 11 is 5.65. The average Bonchev–Trinajstić information content (AvgIpc) is 2.42. The van der Waals surface area contributed by atoms with Crippen molar-refractivity contribution in [2.75, 3.05) is 7.11 Å². The lowest BCUT2D eigenvalue weighted by Gasteiger charge is -2.13. The molecule has 0 aromatic carbocycles. The largest absolute Gasteiger partial charge is 0.495 e. The third kappa shape index (κ3) is 4.97. The third-order valence-electron chi connectivity index (χ3n) is 2.40. The van der Waals surface area contributed by atoms with Gasteiger partial charge in [-0.25, -0.2) is 0 Å². The molecule has 6 nitrogen and oxygen atoms in total. The van der Waals surface area contributed by atoms with E-state index in [0.29, 0.717) is 11.4 Å². The minimum Gasteiger partial charge on any atom is -0.495 e. The van der Waals surface area contributed by atoms with Crippen LogP contribution in [0.4, 0.5) is 5.69 Å². The van der Waals surface area contributed by atoms with E-state index < -0.39 is 6.04 Å². The molecular weight excluding hydrogens is 280 g/mol. The lowest BCUT2D eigenvalue weighted by atomic mass is 10.2. The van der Waals surface area contributed by atoms with Crippen molar-refractivity contribution in [2.24, 2.45) is 10.9 Å². The zero-order chi connectivity index (χ0) is 15.1. The quantitative estimate of drug-likeness (QED) is 0.788. The van der Waals surface area contributed by atoms with E-state index in [0.717, 1.165) is 0 Å². The van der Waals surface area contributed by atoms with E-state index in [1.165, 1.54) is 19.5 Å². The van der Waals surface area contributed by atoms with Crippen LogP contribution in [-0.2, 0) is 4.79 Å². The predicted octanol–water partition coefficient (Wildman–Crippen LogP) is 2.15. The number of hydrogen-bond acceptors (Lipinski definition) is 5. The zero-order valence-electron chi connectivity index (χ0n) is 11.6. The predicted molar refractivity (Wildman–Crippen MR) is 79.3 cm³/mol. The van der Waals surface area contributed by atoms with Crippen LogP contribution in [0, 0.1) is 11.3 Å². The zero-order valence-corrected chi connectivity index (χ0v) is 12.3. The minimum atomic E-state index is -0.752. The summed E-state index contributed by atoms with van der Waals surface area (Å²) in [5, 5.41) is 9.86. The highest BCUT2D eigenvalue weighted by molar-refractivity contribution is 6.67. The van der Waals surface area contributed by atoms with E-state index in [2.05, 4.69) is 15.3 Å². The molecule has 108 valence electrons. The van der Waals surface area contributed by atoms with Crippen LogP contribution in [-0.4, -0.2) is 35.4 Å². The molecule has 20 heavy (non-hydrogen) atoms. The molecule has 1 aromatic heterocycles. The first-order valence-electron chi connectivity index (χ1n) is 6.01. The van der Waals surface area contributed by atoms with Gasteiger partial charge in [-0.3, -0.25) is 20.2 Å². The summed E-state index contributed by atoms with van der Waals surface area (Å²) in [6.45, 7) is 3.51. The normalized spacial score (nSPS) is 12.4. The van der Waals surface area contributed by atoms with E-state index in [4.69, 9.17) is 21.7 Å². The summed E-state index contributed by atoms with van der Waals surface area (Å²) in [5.74, 6) is 0.180. The number of nitrogens with one attached hydrogen (secondary N) is 2. The molecule has 0 aliphatic carbocycles. The first-order chi connectivity index (χ1) is 9.43. The average molecular weight is 297 g/mol. The second-order valence-corrected chi connectivity index (χ2v) is 4.76. The first kappa shape index (κ1) is 16.1. The minimum absolute atomic E-state index is 0.194. The molecule has 1 heterocycles. The molecule has 7 heteroatoms. The Morgan fingerprint density at radius 3 is 2.80 bits per heavy atom. The van der Waals surface area contributed by atoms with Gasteiger partial charge in [0.2, 0.25) is 5.91 Å². The second-order valence-electron chi connectivity index (χ2n) is 4.35. The Hall–Kier alpha value is -1.95. The topological polar surface area (TPSA) is 87.4 Å². The van der Waals surface area contributed by atoms with E-state index >= 15 is 0 Å². The number of aromatic nitrogens is 1. The van der Waals surface area contributed by atoms with Crippen molar-refractivity contribution < 1.29 is 9.53 Å². The monoisotopic (exact) mass is 296 g/mol. The Balaban J connectivity index is 2.81. The van der Waals surface area contributed by atoms with Gasteiger partial charge >= 0.3 is 0 Å². The standard InChI is InChI=1S/C13H17ClN4O2/c1-8(2)13(19)18-11(12(14)15)7-17-9-4-10(20-3)6-16-5-9/h4-8,11,15H,1-3H3,(H,18,19). The summed E-state index contributed by atoms with van der Waals surface area (Å²) in [4.78, 5) is 19.7. The van der Waals surface area contributed by atoms with Gasteiger partial charge in [0.1, 0.15) is 17.0 Å². The highest BCUT2D eigenvalue weighted by Crippen LogP contribution is 2.17. The number of ether oxygens (including phenoxy) is 1. The molecule has 0 saturated carbocycles. The number of hydrogen-bond donors (Lipinski definition) is 2. The van der Waals surface area contributed by atoms with Crippen molar-refractivity contribution in [1.29, 1.82) is 5.41 Å². The van der Waals surface area contributed by atoms with Crippen molar-refractivity contribution in [3.8, 4) is 5.75 Å². The maximum Gasteiger partial charge on any atom is 0.223 e. The molecule has 1 amide bonds. The van der Waals surface area contributed by atoms with E-state index in [9.17, 15) is 4.79 Å². The number of amides is 1. The fourth-order valence-corrected chi connectivity index (χ4v) is 1.35. The lowest BCUT2D eigenvalue weighted by molar-refractivity contribution is -0.123. The molecule has 1 unspecified atom stereocenters. The molecule has 2 N–H and O–H groups in total. The van der Waals surface area contributed by atoms with Crippen LogP contribution in [0.2, 0.25) is 0 Å². The first-order valence-corrected chi connectivity index (χ1v) is 6.39. The third-order valence-corrected chi connectivity index (χ3v) is 2.64. The van der Waals surface area contributed by atoms with Crippen molar-refractivity contribution in [2.45, 2.75) is 19.9 Å². The maximum atomic E-state index is 11.6. The van der Waals surface area contributed by atoms with Crippen LogP contribution in [0.3, 0.4) is 0 Å². The molecule has 0 spiro atoms. The van der Waals surface area contributed by atoms with E-state index in [-0.39, 0.29) is 17.0 Å². The molecule has 1 atom stereocenters. The number of carbonyl (C=O) groups excluding carboxylic acids is 1. The van der Waals surface area contributed by atoms with Crippen LogP contribution >= 0.6 is 11.6 Å². The van der Waals surface area contributed by atoms with Gasteiger partial charge in [0.25, 0.3) is 0 Å². The van der Waals surface area contributed by atoms with Gasteiger partial charge in [0, 0.05) is 18.2 Å². The number of carbonyl (C=O) groups is 1. The van der Waals surface area contributed by atoms with Crippen molar-refractivity contribution >= 4 is 34.6 Å². The lowest BCUT2D eigenvalue weighted by Crippen LogP contribution is -2.41. The fourth-order valence-electron chi connectivity index (χ4n) is 1.24. The SMILES string of the molecule is COc1cncc(N=CC(NC(=O)C(C)C)C(=N)Cl)c1. The van der Waals surface area contributed by atoms with Gasteiger partial charge in [-0.1, -0.05) is 25.4 Å². The smallest absolute Gasteiger partial charge is 0.223 e. The van der Waals surface area contributed by atoms with Gasteiger partial charge in [0.15, 0.2) is 0 Å². The van der Waals surface area contributed by atoms with Crippen molar-refractivity contribution in [1.82, 2.24) is 10.3 Å². The van der Waals surface area contributed by atoms with Gasteiger partial charge in [-0.05, 0) is 0 Å². The molecule has 0 aliphatic rings. The van der Waals surface area contributed by atoms with Crippen LogP contribution in [0.1, 0.15) is 13.8 Å². The molecule has 1 aromatic rings. The molecule has 0 bridgehead atoms. The summed E-state index contributed by atoms with van der Waals surface area (Å²) in [6, 6.07) is 0.931. The number of methoxy groups -OCH3 is 1. The number of rotatable bonds is 6. The second kappa shape index (κ2) is 7.59. The summed E-state index contributed by atoms with van der Waals surface area (Å²) in [6.07, 6.45) is 4.49. The summed E-state index contributed by atoms with van der Waals surface area (Å²) in [5.41, 5.74) is 0.547. The van der Waals surface area contributed by atoms with E-state index in [1.807, 2.05) is 0 Å². The number of pyridine rings is 1. The molecule has 0 saturated heterocycles. The van der Waals surface area contributed by atoms with Gasteiger partial charge in [-0.15, -0.1) is 0 Å². The van der Waals surface area contributed by atoms with E-state index in [1.54, 1.807) is 26.1 Å². The number of halogens is 1. The van der Waals surface area contributed by atoms with Crippen LogP contribution < -0.4 is 10.1 Å². The molecule has 0 aliphatic heterocycles. The summed E-state index contributed by atoms with van der Waals surface area (Å²) < 4.78 is 5.03. The molecule has 0 fully saturated rings. The Morgan fingerprint density at radius 2 is 2.25 bits per heavy atom. The Kier molecular flexibility index (Phi) is 6.11. The summed E-state index contributed by atoms with van der Waals surface area (Å²) in [7, 11) is 1.53. The van der Waals surface area contributed by atoms with Crippen LogP contribution in [0.5, 0.6) is 5.75 Å². The van der Waals surface area contributed by atoms with Crippen LogP contribution in [0.15, 0.2) is 23.5 Å². The van der Waals surface area contributed by atoms with Gasteiger partial charge < -0.3 is 10.1 Å². The maximum absolute atomic E-state index is 11.6. The highest BCUT2D eigenvalue weighted by Gasteiger charge is 2.15. The van der Waals surface area contributed by atoms with Gasteiger partial charge in [0.05, 0.1) is 25.2 Å². The number of aliphatic imine (C=N–C) groups is 1. The molecular formula is C13H17ClN4O2. The Bertz CT molecular complexity index is 517. The Morgan fingerprint density at radius 1 is 1.55 bits per heavy atom. The van der Waals surface area contributed by atoms with Crippen molar-refractivity contribution in [3.63, 3.8) is 0 Å². The Labute approximate surface area is 122 Å². The fraction of sp³-hybridized carbons (Fsp3) is 0.385. The highest BCUT2D eigenvalue weighted by atomic mass is 35.5. The number of nitrogens with zero attached hydrogens (tertiary/aromatic N) is 2. The molecule has 1 rings (SSSR count). The van der Waals surface area contributed by atoms with Crippen molar-refractivity contribution in [3.05, 3.63) is 18.5 Å². The van der Waals surface area contributed by atoms with Crippen LogP contribution in [0.25, 0.3) is 0 Å².